The molecule has 1 amide bonds. The zero-order valence-corrected chi connectivity index (χ0v) is 17.0. The van der Waals surface area contributed by atoms with Crippen molar-refractivity contribution in [3.8, 4) is 0 Å². The molecule has 0 aromatic heterocycles. The highest BCUT2D eigenvalue weighted by Crippen LogP contribution is 2.26. The minimum atomic E-state index is -3.66. The summed E-state index contributed by atoms with van der Waals surface area (Å²) in [4.78, 5) is 14.6. The van der Waals surface area contributed by atoms with E-state index in [-0.39, 0.29) is 28.2 Å². The van der Waals surface area contributed by atoms with Gasteiger partial charge in [0.2, 0.25) is 10.0 Å². The Morgan fingerprint density at radius 1 is 1.18 bits per heavy atom. The summed E-state index contributed by atoms with van der Waals surface area (Å²) in [5.41, 5.74) is 0.851. The molecule has 1 aliphatic heterocycles. The third-order valence-electron chi connectivity index (χ3n) is 5.13. The van der Waals surface area contributed by atoms with Crippen molar-refractivity contribution in [2.24, 2.45) is 0 Å². The van der Waals surface area contributed by atoms with Crippen LogP contribution in [0.4, 0.5) is 10.1 Å². The van der Waals surface area contributed by atoms with Gasteiger partial charge in [0.15, 0.2) is 0 Å². The van der Waals surface area contributed by atoms with Crippen LogP contribution in [-0.2, 0) is 10.0 Å². The Hall–Kier alpha value is -2.25. The van der Waals surface area contributed by atoms with E-state index in [4.69, 9.17) is 0 Å². The molecule has 1 unspecified atom stereocenters. The number of amides is 1. The van der Waals surface area contributed by atoms with E-state index < -0.39 is 10.0 Å². The van der Waals surface area contributed by atoms with Crippen molar-refractivity contribution >= 4 is 21.6 Å². The van der Waals surface area contributed by atoms with Crippen molar-refractivity contribution in [2.45, 2.75) is 44.0 Å². The Morgan fingerprint density at radius 2 is 1.89 bits per heavy atom. The lowest BCUT2D eigenvalue weighted by molar-refractivity contribution is 0.0988. The molecule has 0 aliphatic carbocycles. The highest BCUT2D eigenvalue weighted by molar-refractivity contribution is 7.89. The predicted octanol–water partition coefficient (Wildman–Crippen LogP) is 4.06. The molecule has 0 radical (unpaired) electrons. The maximum atomic E-state index is 13.2. The van der Waals surface area contributed by atoms with Crippen LogP contribution in [0.15, 0.2) is 53.4 Å². The van der Waals surface area contributed by atoms with E-state index in [0.29, 0.717) is 18.8 Å². The molecule has 1 saturated heterocycles. The monoisotopic (exact) mass is 404 g/mol. The summed E-state index contributed by atoms with van der Waals surface area (Å²) in [5.74, 6) is -0.700. The molecule has 7 heteroatoms. The van der Waals surface area contributed by atoms with E-state index in [1.807, 2.05) is 13.8 Å². The molecule has 28 heavy (non-hydrogen) atoms. The van der Waals surface area contributed by atoms with Gasteiger partial charge in [-0.3, -0.25) is 4.79 Å². The summed E-state index contributed by atoms with van der Waals surface area (Å²) in [6.07, 6.45) is 2.71. The van der Waals surface area contributed by atoms with Crippen LogP contribution in [0.5, 0.6) is 0 Å². The Labute approximate surface area is 165 Å². The molecule has 0 N–H and O–H groups in total. The van der Waals surface area contributed by atoms with Crippen LogP contribution in [0, 0.1) is 5.82 Å². The first-order valence-corrected chi connectivity index (χ1v) is 11.0. The van der Waals surface area contributed by atoms with Crippen molar-refractivity contribution in [3.05, 3.63) is 59.9 Å². The third-order valence-corrected chi connectivity index (χ3v) is 7.14. The first-order valence-electron chi connectivity index (χ1n) is 9.54. The lowest BCUT2D eigenvalue weighted by atomic mass is 10.1. The van der Waals surface area contributed by atoms with Gasteiger partial charge in [-0.15, -0.1) is 0 Å². The van der Waals surface area contributed by atoms with Crippen molar-refractivity contribution in [2.75, 3.05) is 18.0 Å². The molecule has 1 atom stereocenters. The number of sulfonamides is 1. The summed E-state index contributed by atoms with van der Waals surface area (Å²) in [6, 6.07) is 11.8. The maximum absolute atomic E-state index is 13.2. The normalized spacial score (nSPS) is 18.0. The first-order chi connectivity index (χ1) is 13.3. The lowest BCUT2D eigenvalue weighted by Gasteiger charge is -2.32. The van der Waals surface area contributed by atoms with Crippen molar-refractivity contribution in [1.82, 2.24) is 4.31 Å². The van der Waals surface area contributed by atoms with Gasteiger partial charge in [0.1, 0.15) is 5.82 Å². The molecule has 2 aromatic carbocycles. The number of hydrogen-bond acceptors (Lipinski definition) is 3. The molecular formula is C21H25FN2O3S. The number of carbonyl (C=O) groups is 1. The first kappa shape index (κ1) is 20.5. The van der Waals surface area contributed by atoms with Gasteiger partial charge >= 0.3 is 0 Å². The fourth-order valence-electron chi connectivity index (χ4n) is 3.57. The highest BCUT2D eigenvalue weighted by atomic mass is 32.2. The van der Waals surface area contributed by atoms with Crippen molar-refractivity contribution in [3.63, 3.8) is 0 Å². The van der Waals surface area contributed by atoms with Crippen LogP contribution in [0.25, 0.3) is 0 Å². The molecule has 1 fully saturated rings. The molecule has 150 valence electrons. The fraction of sp³-hybridized carbons (Fsp3) is 0.381. The van der Waals surface area contributed by atoms with Gasteiger partial charge in [0, 0.05) is 30.4 Å². The minimum Gasteiger partial charge on any atom is -0.309 e. The summed E-state index contributed by atoms with van der Waals surface area (Å²) in [5, 5.41) is 0. The maximum Gasteiger partial charge on any atom is 0.258 e. The number of nitrogens with zero attached hydrogens (tertiary/aromatic N) is 2. The molecule has 1 aliphatic rings. The van der Waals surface area contributed by atoms with Crippen molar-refractivity contribution < 1.29 is 17.6 Å². The largest absolute Gasteiger partial charge is 0.309 e. The minimum absolute atomic E-state index is 0.0514. The summed E-state index contributed by atoms with van der Waals surface area (Å²) in [6.45, 7) is 4.61. The van der Waals surface area contributed by atoms with E-state index in [1.165, 1.54) is 45.6 Å². The van der Waals surface area contributed by atoms with E-state index in [2.05, 4.69) is 0 Å². The second-order valence-electron chi connectivity index (χ2n) is 7.01. The molecule has 1 heterocycles. The average molecular weight is 405 g/mol. The predicted molar refractivity (Wildman–Crippen MR) is 107 cm³/mol. The van der Waals surface area contributed by atoms with Gasteiger partial charge < -0.3 is 4.90 Å². The zero-order chi connectivity index (χ0) is 20.3. The summed E-state index contributed by atoms with van der Waals surface area (Å²) >= 11 is 0. The molecule has 2 aromatic rings. The summed E-state index contributed by atoms with van der Waals surface area (Å²) in [7, 11) is -3.66. The Bertz CT molecular complexity index is 944. The van der Waals surface area contributed by atoms with Gasteiger partial charge in [-0.25, -0.2) is 12.8 Å². The number of carbonyl (C=O) groups excluding carboxylic acids is 1. The number of halogens is 1. The second-order valence-corrected chi connectivity index (χ2v) is 8.90. The topological polar surface area (TPSA) is 57.7 Å². The number of hydrogen-bond donors (Lipinski definition) is 0. The second kappa shape index (κ2) is 8.41. The summed E-state index contributed by atoms with van der Waals surface area (Å²) < 4.78 is 40.9. The molecule has 0 saturated carbocycles. The van der Waals surface area contributed by atoms with E-state index >= 15 is 0 Å². The number of rotatable bonds is 5. The molecule has 3 rings (SSSR count). The van der Waals surface area contributed by atoms with Gasteiger partial charge in [-0.05, 0) is 69.2 Å². The lowest BCUT2D eigenvalue weighted by Crippen LogP contribution is -2.42. The Morgan fingerprint density at radius 3 is 2.54 bits per heavy atom. The number of piperidine rings is 1. The van der Waals surface area contributed by atoms with Crippen LogP contribution < -0.4 is 4.90 Å². The van der Waals surface area contributed by atoms with Crippen molar-refractivity contribution in [1.29, 1.82) is 0 Å². The number of anilines is 1. The van der Waals surface area contributed by atoms with E-state index in [0.717, 1.165) is 19.3 Å². The van der Waals surface area contributed by atoms with Crippen LogP contribution in [0.1, 0.15) is 43.5 Å². The molecule has 0 spiro atoms. The zero-order valence-electron chi connectivity index (χ0n) is 16.1. The highest BCUT2D eigenvalue weighted by Gasteiger charge is 2.31. The molecule has 5 nitrogen and oxygen atoms in total. The van der Waals surface area contributed by atoms with E-state index in [9.17, 15) is 17.6 Å². The Balaban J connectivity index is 1.91. The smallest absolute Gasteiger partial charge is 0.258 e. The van der Waals surface area contributed by atoms with Crippen LogP contribution in [0.2, 0.25) is 0 Å². The van der Waals surface area contributed by atoms with Crippen LogP contribution >= 0.6 is 0 Å². The van der Waals surface area contributed by atoms with Gasteiger partial charge in [-0.1, -0.05) is 12.5 Å². The molecular weight excluding hydrogens is 379 g/mol. The Kier molecular flexibility index (Phi) is 6.15. The van der Waals surface area contributed by atoms with Gasteiger partial charge in [0.05, 0.1) is 4.90 Å². The fourth-order valence-corrected chi connectivity index (χ4v) is 5.32. The standard InChI is InChI=1S/C21H25FN2O3S/c1-3-23(19-12-10-18(22)11-13-19)21(25)17-8-6-9-20(15-17)28(26,27)24-14-5-4-7-16(24)2/h6,8-13,15-16H,3-5,7,14H2,1-2H3. The number of benzene rings is 2. The van der Waals surface area contributed by atoms with Gasteiger partial charge in [-0.2, -0.15) is 4.31 Å². The van der Waals surface area contributed by atoms with E-state index in [1.54, 1.807) is 12.1 Å². The average Bonchev–Trinajstić information content (AvgIpc) is 2.70. The molecule has 0 bridgehead atoms. The third kappa shape index (κ3) is 4.10. The van der Waals surface area contributed by atoms with Crippen LogP contribution in [-0.4, -0.2) is 37.8 Å². The van der Waals surface area contributed by atoms with Gasteiger partial charge in [0.25, 0.3) is 5.91 Å². The van der Waals surface area contributed by atoms with Crippen LogP contribution in [0.3, 0.4) is 0 Å². The quantitative estimate of drug-likeness (QED) is 0.755. The SMILES string of the molecule is CCN(C(=O)c1cccc(S(=O)(=O)N2CCCCC2C)c1)c1ccc(F)cc1.